The maximum atomic E-state index is 5.87. The molecule has 1 aromatic carbocycles. The second-order valence-electron chi connectivity index (χ2n) is 4.58. The molecule has 0 bridgehead atoms. The summed E-state index contributed by atoms with van der Waals surface area (Å²) in [6.45, 7) is 6.02. The number of thioether (sulfide) groups is 1. The lowest BCUT2D eigenvalue weighted by Gasteiger charge is -2.14. The molecule has 0 fully saturated rings. The Morgan fingerprint density at radius 3 is 2.83 bits per heavy atom. The smallest absolute Gasteiger partial charge is 0.123 e. The molecule has 0 radical (unpaired) electrons. The molecule has 0 aliphatic rings. The SMILES string of the molecule is CCCOc1cc(N)cc(NCC(C)CSC)c1. The molecule has 1 unspecified atom stereocenters. The fourth-order valence-corrected chi connectivity index (χ4v) is 2.35. The van der Waals surface area contributed by atoms with E-state index < -0.39 is 0 Å². The largest absolute Gasteiger partial charge is 0.493 e. The van der Waals surface area contributed by atoms with Crippen molar-refractivity contribution in [3.8, 4) is 5.75 Å². The zero-order valence-corrected chi connectivity index (χ0v) is 12.3. The van der Waals surface area contributed by atoms with Crippen LogP contribution in [-0.2, 0) is 0 Å². The van der Waals surface area contributed by atoms with Gasteiger partial charge in [0.25, 0.3) is 0 Å². The van der Waals surface area contributed by atoms with Gasteiger partial charge in [-0.15, -0.1) is 0 Å². The quantitative estimate of drug-likeness (QED) is 0.709. The van der Waals surface area contributed by atoms with Crippen LogP contribution in [0.4, 0.5) is 11.4 Å². The minimum Gasteiger partial charge on any atom is -0.493 e. The van der Waals surface area contributed by atoms with Crippen LogP contribution in [-0.4, -0.2) is 25.2 Å². The van der Waals surface area contributed by atoms with Crippen LogP contribution in [0.5, 0.6) is 5.75 Å². The molecule has 0 aliphatic carbocycles. The number of anilines is 2. The van der Waals surface area contributed by atoms with Gasteiger partial charge in [-0.1, -0.05) is 13.8 Å². The monoisotopic (exact) mass is 268 g/mol. The van der Waals surface area contributed by atoms with Gasteiger partial charge in [-0.05, 0) is 30.4 Å². The lowest BCUT2D eigenvalue weighted by atomic mass is 10.2. The Kier molecular flexibility index (Phi) is 6.80. The van der Waals surface area contributed by atoms with Crippen LogP contribution in [0.3, 0.4) is 0 Å². The van der Waals surface area contributed by atoms with Crippen LogP contribution in [0, 0.1) is 5.92 Å². The van der Waals surface area contributed by atoms with Crippen LogP contribution < -0.4 is 15.8 Å². The molecule has 1 atom stereocenters. The number of nitrogens with two attached hydrogens (primary N) is 1. The topological polar surface area (TPSA) is 47.3 Å². The lowest BCUT2D eigenvalue weighted by Crippen LogP contribution is -2.13. The minimum atomic E-state index is 0.640. The summed E-state index contributed by atoms with van der Waals surface area (Å²) in [4.78, 5) is 0. The molecule has 102 valence electrons. The first-order chi connectivity index (χ1) is 8.65. The number of ether oxygens (including phenoxy) is 1. The number of benzene rings is 1. The lowest BCUT2D eigenvalue weighted by molar-refractivity contribution is 0.318. The number of hydrogen-bond acceptors (Lipinski definition) is 4. The molecule has 4 heteroatoms. The van der Waals surface area contributed by atoms with Crippen molar-refractivity contribution in [3.63, 3.8) is 0 Å². The maximum Gasteiger partial charge on any atom is 0.123 e. The third-order valence-corrected chi connectivity index (χ3v) is 3.41. The normalized spacial score (nSPS) is 12.2. The molecule has 0 spiro atoms. The van der Waals surface area contributed by atoms with E-state index in [0.29, 0.717) is 5.92 Å². The van der Waals surface area contributed by atoms with Crippen molar-refractivity contribution in [2.24, 2.45) is 5.92 Å². The van der Waals surface area contributed by atoms with Crippen molar-refractivity contribution in [3.05, 3.63) is 18.2 Å². The number of nitrogens with one attached hydrogen (secondary N) is 1. The fourth-order valence-electron chi connectivity index (χ4n) is 1.66. The van der Waals surface area contributed by atoms with E-state index >= 15 is 0 Å². The standard InChI is InChI=1S/C14H24N2OS/c1-4-5-17-14-7-12(15)6-13(8-14)16-9-11(2)10-18-3/h6-8,11,16H,4-5,9-10,15H2,1-3H3. The predicted octanol–water partition coefficient (Wildman–Crippen LogP) is 3.47. The van der Waals surface area contributed by atoms with E-state index in [1.54, 1.807) is 0 Å². The highest BCUT2D eigenvalue weighted by molar-refractivity contribution is 7.98. The van der Waals surface area contributed by atoms with Gasteiger partial charge in [0.05, 0.1) is 6.61 Å². The molecule has 0 saturated heterocycles. The van der Waals surface area contributed by atoms with Gasteiger partial charge in [-0.25, -0.2) is 0 Å². The van der Waals surface area contributed by atoms with E-state index in [4.69, 9.17) is 10.5 Å². The highest BCUT2D eigenvalue weighted by Gasteiger charge is 2.03. The molecular formula is C14H24N2OS. The van der Waals surface area contributed by atoms with Crippen LogP contribution in [0.15, 0.2) is 18.2 Å². The summed E-state index contributed by atoms with van der Waals surface area (Å²) in [5.41, 5.74) is 7.65. The minimum absolute atomic E-state index is 0.640. The molecule has 1 aromatic rings. The summed E-state index contributed by atoms with van der Waals surface area (Å²) in [6.07, 6.45) is 3.13. The van der Waals surface area contributed by atoms with Gasteiger partial charge in [0, 0.05) is 30.1 Å². The highest BCUT2D eigenvalue weighted by atomic mass is 32.2. The highest BCUT2D eigenvalue weighted by Crippen LogP contribution is 2.23. The Labute approximate surface area is 114 Å². The Hall–Kier alpha value is -1.03. The summed E-state index contributed by atoms with van der Waals surface area (Å²) in [6, 6.07) is 5.83. The molecule has 3 nitrogen and oxygen atoms in total. The van der Waals surface area contributed by atoms with Gasteiger partial charge in [0.15, 0.2) is 0 Å². The number of rotatable bonds is 8. The molecule has 1 rings (SSSR count). The van der Waals surface area contributed by atoms with E-state index in [2.05, 4.69) is 25.4 Å². The van der Waals surface area contributed by atoms with Gasteiger partial charge in [0.2, 0.25) is 0 Å². The van der Waals surface area contributed by atoms with Gasteiger partial charge in [0.1, 0.15) is 5.75 Å². The Balaban J connectivity index is 2.56. The average molecular weight is 268 g/mol. The summed E-state index contributed by atoms with van der Waals surface area (Å²) in [5, 5.41) is 3.41. The average Bonchev–Trinajstić information content (AvgIpc) is 2.34. The number of hydrogen-bond donors (Lipinski definition) is 2. The van der Waals surface area contributed by atoms with Crippen LogP contribution in [0.1, 0.15) is 20.3 Å². The Morgan fingerprint density at radius 1 is 1.39 bits per heavy atom. The van der Waals surface area contributed by atoms with Gasteiger partial charge < -0.3 is 15.8 Å². The summed E-state index contributed by atoms with van der Waals surface area (Å²) in [7, 11) is 0. The van der Waals surface area contributed by atoms with Crippen LogP contribution in [0.25, 0.3) is 0 Å². The van der Waals surface area contributed by atoms with Crippen LogP contribution >= 0.6 is 11.8 Å². The molecule has 0 aromatic heterocycles. The molecule has 3 N–H and O–H groups in total. The molecule has 0 amide bonds. The number of nitrogen functional groups attached to an aromatic ring is 1. The maximum absolute atomic E-state index is 5.87. The summed E-state index contributed by atoms with van der Waals surface area (Å²) in [5.74, 6) is 2.65. The molecule has 18 heavy (non-hydrogen) atoms. The molecule has 0 aliphatic heterocycles. The van der Waals surface area contributed by atoms with Crippen molar-refractivity contribution in [2.45, 2.75) is 20.3 Å². The first-order valence-electron chi connectivity index (χ1n) is 6.41. The summed E-state index contributed by atoms with van der Waals surface area (Å²) < 4.78 is 5.61. The van der Waals surface area contributed by atoms with E-state index in [1.807, 2.05) is 30.0 Å². The zero-order chi connectivity index (χ0) is 13.4. The second kappa shape index (κ2) is 8.14. The van der Waals surface area contributed by atoms with Gasteiger partial charge >= 0.3 is 0 Å². The van der Waals surface area contributed by atoms with Crippen molar-refractivity contribution in [1.82, 2.24) is 0 Å². The van der Waals surface area contributed by atoms with E-state index in [9.17, 15) is 0 Å². The molecular weight excluding hydrogens is 244 g/mol. The van der Waals surface area contributed by atoms with E-state index in [0.717, 1.165) is 42.4 Å². The third kappa shape index (κ3) is 5.54. The Morgan fingerprint density at radius 2 is 2.17 bits per heavy atom. The summed E-state index contributed by atoms with van der Waals surface area (Å²) >= 11 is 1.87. The van der Waals surface area contributed by atoms with Crippen molar-refractivity contribution < 1.29 is 4.74 Å². The van der Waals surface area contributed by atoms with Gasteiger partial charge in [-0.2, -0.15) is 11.8 Å². The van der Waals surface area contributed by atoms with Crippen LogP contribution in [0.2, 0.25) is 0 Å². The predicted molar refractivity (Wildman–Crippen MR) is 82.7 cm³/mol. The third-order valence-electron chi connectivity index (χ3n) is 2.51. The van der Waals surface area contributed by atoms with Crippen molar-refractivity contribution in [2.75, 3.05) is 36.2 Å². The molecule has 0 saturated carbocycles. The second-order valence-corrected chi connectivity index (χ2v) is 5.49. The Bertz CT molecular complexity index is 358. The van der Waals surface area contributed by atoms with Gasteiger partial charge in [-0.3, -0.25) is 0 Å². The zero-order valence-electron chi connectivity index (χ0n) is 11.5. The van der Waals surface area contributed by atoms with E-state index in [-0.39, 0.29) is 0 Å². The van der Waals surface area contributed by atoms with Crippen molar-refractivity contribution in [1.29, 1.82) is 0 Å². The molecule has 0 heterocycles. The van der Waals surface area contributed by atoms with E-state index in [1.165, 1.54) is 0 Å². The first kappa shape index (κ1) is 15.0. The fraction of sp³-hybridized carbons (Fsp3) is 0.571. The van der Waals surface area contributed by atoms with Crippen molar-refractivity contribution >= 4 is 23.1 Å². The first-order valence-corrected chi connectivity index (χ1v) is 7.81.